The molecule has 0 bridgehead atoms. The summed E-state index contributed by atoms with van der Waals surface area (Å²) in [5.41, 5.74) is -0.0198. The number of rotatable bonds is 3. The molecule has 16 heavy (non-hydrogen) atoms. The van der Waals surface area contributed by atoms with E-state index in [2.05, 4.69) is 0 Å². The Morgan fingerprint density at radius 3 is 2.81 bits per heavy atom. The summed E-state index contributed by atoms with van der Waals surface area (Å²) in [6, 6.07) is 4.23. The van der Waals surface area contributed by atoms with Gasteiger partial charge < -0.3 is 14.8 Å². The number of fused-ring (bicyclic) bond motifs is 1. The molecule has 1 aromatic carbocycles. The molecule has 2 rings (SSSR count). The Bertz CT molecular complexity index is 547. The maximum atomic E-state index is 10.6. The molecule has 1 aromatic heterocycles. The second-order valence-corrected chi connectivity index (χ2v) is 3.40. The van der Waals surface area contributed by atoms with Crippen LogP contribution in [0.15, 0.2) is 24.4 Å². The van der Waals surface area contributed by atoms with Crippen LogP contribution >= 0.6 is 0 Å². The summed E-state index contributed by atoms with van der Waals surface area (Å²) in [4.78, 5) is 10.1. The van der Waals surface area contributed by atoms with Crippen LogP contribution in [0.25, 0.3) is 10.8 Å². The van der Waals surface area contributed by atoms with Crippen molar-refractivity contribution in [2.24, 2.45) is 0 Å². The number of nitrogens with zero attached hydrogens (tertiary/aromatic N) is 2. The Morgan fingerprint density at radius 2 is 2.19 bits per heavy atom. The summed E-state index contributed by atoms with van der Waals surface area (Å²) in [5, 5.41) is 30.2. The Hall–Kier alpha value is -2.08. The molecule has 0 unspecified atom stereocenters. The molecule has 0 amide bonds. The molecule has 0 saturated heterocycles. The highest BCUT2D eigenvalue weighted by atomic mass is 16.6. The molecule has 1 heterocycles. The third-order valence-electron chi connectivity index (χ3n) is 2.39. The summed E-state index contributed by atoms with van der Waals surface area (Å²) >= 11 is 0. The molecular formula is C10H10N2O4. The molecule has 0 radical (unpaired) electrons. The van der Waals surface area contributed by atoms with Crippen LogP contribution in [0.2, 0.25) is 0 Å². The Morgan fingerprint density at radius 1 is 1.44 bits per heavy atom. The van der Waals surface area contributed by atoms with Gasteiger partial charge in [0.25, 0.3) is 5.69 Å². The Balaban J connectivity index is 2.58. The fraction of sp³-hybridized carbons (Fsp3) is 0.200. The minimum Gasteiger partial charge on any atom is -0.494 e. The lowest BCUT2D eigenvalue weighted by atomic mass is 10.2. The predicted molar refractivity (Wildman–Crippen MR) is 57.3 cm³/mol. The summed E-state index contributed by atoms with van der Waals surface area (Å²) < 4.78 is 1.45. The number of aliphatic hydroxyl groups excluding tert-OH is 1. The van der Waals surface area contributed by atoms with Crippen LogP contribution in [0.3, 0.4) is 0 Å². The van der Waals surface area contributed by atoms with Crippen molar-refractivity contribution in [2.75, 3.05) is 6.61 Å². The maximum absolute atomic E-state index is 10.6. The van der Waals surface area contributed by atoms with Crippen molar-refractivity contribution in [2.45, 2.75) is 6.54 Å². The Kier molecular flexibility index (Phi) is 2.49. The third kappa shape index (κ3) is 1.59. The van der Waals surface area contributed by atoms with Gasteiger partial charge in [-0.2, -0.15) is 0 Å². The standard InChI is InChI=1S/C10H10N2O4/c13-4-3-11-6-7-5-8(12(15)16)1-2-9(7)10(11)14/h1-2,5-6,13-14H,3-4H2. The van der Waals surface area contributed by atoms with Crippen LogP contribution in [-0.4, -0.2) is 26.3 Å². The monoisotopic (exact) mass is 222 g/mol. The molecule has 2 N–H and O–H groups in total. The first-order chi connectivity index (χ1) is 7.63. The SMILES string of the molecule is O=[N+]([O-])c1ccc2c(O)n(CCO)cc2c1. The molecule has 84 valence electrons. The number of hydrogen-bond donors (Lipinski definition) is 2. The summed E-state index contributed by atoms with van der Waals surface area (Å²) in [7, 11) is 0. The highest BCUT2D eigenvalue weighted by Crippen LogP contribution is 2.29. The molecule has 0 aliphatic rings. The van der Waals surface area contributed by atoms with E-state index in [9.17, 15) is 15.2 Å². The van der Waals surface area contributed by atoms with Crippen molar-refractivity contribution in [1.82, 2.24) is 4.57 Å². The number of aromatic hydroxyl groups is 1. The smallest absolute Gasteiger partial charge is 0.270 e. The second kappa shape index (κ2) is 3.82. The van der Waals surface area contributed by atoms with E-state index in [1.54, 1.807) is 6.20 Å². The molecular weight excluding hydrogens is 212 g/mol. The van der Waals surface area contributed by atoms with Crippen molar-refractivity contribution in [3.8, 4) is 5.88 Å². The van der Waals surface area contributed by atoms with Crippen LogP contribution < -0.4 is 0 Å². The molecule has 0 aliphatic heterocycles. The highest BCUT2D eigenvalue weighted by molar-refractivity contribution is 5.89. The van der Waals surface area contributed by atoms with Gasteiger partial charge in [0.2, 0.25) is 0 Å². The first-order valence-electron chi connectivity index (χ1n) is 4.70. The number of nitro groups is 1. The van der Waals surface area contributed by atoms with E-state index in [1.165, 1.54) is 22.8 Å². The number of aliphatic hydroxyl groups is 1. The third-order valence-corrected chi connectivity index (χ3v) is 2.39. The van der Waals surface area contributed by atoms with Gasteiger partial charge in [-0.15, -0.1) is 0 Å². The van der Waals surface area contributed by atoms with E-state index in [0.29, 0.717) is 10.8 Å². The number of non-ortho nitro benzene ring substituents is 1. The zero-order chi connectivity index (χ0) is 11.7. The highest BCUT2D eigenvalue weighted by Gasteiger charge is 2.12. The van der Waals surface area contributed by atoms with Crippen molar-refractivity contribution in [1.29, 1.82) is 0 Å². The first-order valence-corrected chi connectivity index (χ1v) is 4.70. The lowest BCUT2D eigenvalue weighted by molar-refractivity contribution is -0.384. The van der Waals surface area contributed by atoms with E-state index in [4.69, 9.17) is 5.11 Å². The van der Waals surface area contributed by atoms with Gasteiger partial charge >= 0.3 is 0 Å². The molecule has 0 fully saturated rings. The minimum absolute atomic E-state index is 0.0129. The molecule has 6 heteroatoms. The quantitative estimate of drug-likeness (QED) is 0.604. The number of benzene rings is 1. The average Bonchev–Trinajstić information content (AvgIpc) is 2.56. The first kappa shape index (κ1) is 10.4. The largest absolute Gasteiger partial charge is 0.494 e. The fourth-order valence-electron chi connectivity index (χ4n) is 1.64. The van der Waals surface area contributed by atoms with Crippen LogP contribution in [0.4, 0.5) is 5.69 Å². The van der Waals surface area contributed by atoms with E-state index in [1.807, 2.05) is 0 Å². The zero-order valence-electron chi connectivity index (χ0n) is 8.33. The number of aromatic nitrogens is 1. The van der Waals surface area contributed by atoms with Crippen molar-refractivity contribution < 1.29 is 15.1 Å². The molecule has 0 saturated carbocycles. The second-order valence-electron chi connectivity index (χ2n) is 3.40. The van der Waals surface area contributed by atoms with Gasteiger partial charge in [-0.05, 0) is 6.07 Å². The van der Waals surface area contributed by atoms with Gasteiger partial charge in [0.1, 0.15) is 0 Å². The zero-order valence-corrected chi connectivity index (χ0v) is 8.33. The molecule has 6 nitrogen and oxygen atoms in total. The maximum Gasteiger partial charge on any atom is 0.270 e. The summed E-state index contributed by atoms with van der Waals surface area (Å²) in [6.07, 6.45) is 1.58. The van der Waals surface area contributed by atoms with Gasteiger partial charge in [0, 0.05) is 35.6 Å². The normalized spacial score (nSPS) is 10.8. The van der Waals surface area contributed by atoms with Gasteiger partial charge in [0.05, 0.1) is 11.5 Å². The number of hydrogen-bond acceptors (Lipinski definition) is 4. The van der Waals surface area contributed by atoms with Crippen molar-refractivity contribution in [3.63, 3.8) is 0 Å². The van der Waals surface area contributed by atoms with Gasteiger partial charge in [-0.25, -0.2) is 0 Å². The van der Waals surface area contributed by atoms with E-state index < -0.39 is 4.92 Å². The molecule has 2 aromatic rings. The van der Waals surface area contributed by atoms with Gasteiger partial charge in [-0.1, -0.05) is 0 Å². The van der Waals surface area contributed by atoms with Crippen LogP contribution in [0.1, 0.15) is 0 Å². The van der Waals surface area contributed by atoms with Crippen molar-refractivity contribution >= 4 is 16.5 Å². The lowest BCUT2D eigenvalue weighted by Crippen LogP contribution is -1.98. The van der Waals surface area contributed by atoms with Crippen LogP contribution in [0, 0.1) is 10.1 Å². The van der Waals surface area contributed by atoms with Crippen molar-refractivity contribution in [3.05, 3.63) is 34.5 Å². The van der Waals surface area contributed by atoms with E-state index >= 15 is 0 Å². The molecule has 0 atom stereocenters. The average molecular weight is 222 g/mol. The Labute approximate surface area is 90.5 Å². The van der Waals surface area contributed by atoms with Gasteiger partial charge in [0.15, 0.2) is 5.88 Å². The summed E-state index contributed by atoms with van der Waals surface area (Å²) in [6.45, 7) is 0.158. The van der Waals surface area contributed by atoms with E-state index in [-0.39, 0.29) is 24.7 Å². The summed E-state index contributed by atoms with van der Waals surface area (Å²) in [5.74, 6) is 0.0129. The van der Waals surface area contributed by atoms with E-state index in [0.717, 1.165) is 0 Å². The predicted octanol–water partition coefficient (Wildman–Crippen LogP) is 1.25. The lowest BCUT2D eigenvalue weighted by Gasteiger charge is -1.99. The van der Waals surface area contributed by atoms with Crippen LogP contribution in [0.5, 0.6) is 5.88 Å². The molecule has 0 aliphatic carbocycles. The van der Waals surface area contributed by atoms with Gasteiger partial charge in [-0.3, -0.25) is 10.1 Å². The number of nitro benzene ring substituents is 1. The molecule has 0 spiro atoms. The fourth-order valence-corrected chi connectivity index (χ4v) is 1.64. The van der Waals surface area contributed by atoms with Crippen LogP contribution in [-0.2, 0) is 6.54 Å². The minimum atomic E-state index is -0.486. The topological polar surface area (TPSA) is 88.5 Å².